The van der Waals surface area contributed by atoms with Crippen LogP contribution in [0.4, 0.5) is 5.69 Å². The normalized spacial score (nSPS) is 12.0. The number of ether oxygens (including phenoxy) is 3. The topological polar surface area (TPSA) is 103 Å². The second-order valence-electron chi connectivity index (χ2n) is 7.44. The number of nitrogens with one attached hydrogen (secondary N) is 2. The van der Waals surface area contributed by atoms with E-state index in [4.69, 9.17) is 25.8 Å². The van der Waals surface area contributed by atoms with Gasteiger partial charge in [0.2, 0.25) is 15.9 Å². The minimum Gasteiger partial charge on any atom is -0.497 e. The molecular weight excluding hydrogens is 492 g/mol. The van der Waals surface area contributed by atoms with E-state index in [2.05, 4.69) is 10.0 Å². The highest BCUT2D eigenvalue weighted by atomic mass is 35.5. The molecule has 0 aliphatic heterocycles. The van der Waals surface area contributed by atoms with Gasteiger partial charge >= 0.3 is 0 Å². The summed E-state index contributed by atoms with van der Waals surface area (Å²) in [5.41, 5.74) is 1.15. The molecule has 3 aromatic carbocycles. The number of hydrogen-bond acceptors (Lipinski definition) is 6. The number of carbonyl (C=O) groups excluding carboxylic acids is 1. The van der Waals surface area contributed by atoms with Crippen molar-refractivity contribution in [3.05, 3.63) is 77.3 Å². The van der Waals surface area contributed by atoms with Crippen molar-refractivity contribution < 1.29 is 27.4 Å². The van der Waals surface area contributed by atoms with Gasteiger partial charge in [0.05, 0.1) is 36.4 Å². The monoisotopic (exact) mass is 518 g/mol. The molecule has 0 heterocycles. The van der Waals surface area contributed by atoms with Crippen molar-refractivity contribution in [1.82, 2.24) is 4.72 Å². The Hall–Kier alpha value is -3.27. The minimum absolute atomic E-state index is 0.0844. The molecule has 1 amide bonds. The Labute approximate surface area is 210 Å². The predicted molar refractivity (Wildman–Crippen MR) is 135 cm³/mol. The Morgan fingerprint density at radius 2 is 1.71 bits per heavy atom. The number of benzene rings is 3. The number of amides is 1. The third kappa shape index (κ3) is 6.88. The summed E-state index contributed by atoms with van der Waals surface area (Å²) < 4.78 is 44.8. The van der Waals surface area contributed by atoms with Crippen molar-refractivity contribution >= 4 is 33.2 Å². The molecule has 0 aliphatic carbocycles. The lowest BCUT2D eigenvalue weighted by Gasteiger charge is -2.20. The number of halogens is 1. The first-order valence-electron chi connectivity index (χ1n) is 10.8. The lowest BCUT2D eigenvalue weighted by molar-refractivity contribution is -0.117. The number of anilines is 1. The summed E-state index contributed by atoms with van der Waals surface area (Å²) in [4.78, 5) is 13.2. The molecule has 0 bridgehead atoms. The molecule has 35 heavy (non-hydrogen) atoms. The maximum atomic E-state index is 13.3. The van der Waals surface area contributed by atoms with Gasteiger partial charge in [0.1, 0.15) is 23.3 Å². The molecule has 3 aromatic rings. The molecule has 0 aliphatic rings. The van der Waals surface area contributed by atoms with Crippen LogP contribution in [-0.4, -0.2) is 41.2 Å². The zero-order valence-electron chi connectivity index (χ0n) is 19.6. The molecule has 0 radical (unpaired) electrons. The fourth-order valence-corrected chi connectivity index (χ4v) is 4.86. The Bertz CT molecular complexity index is 1270. The van der Waals surface area contributed by atoms with Gasteiger partial charge in [-0.05, 0) is 49.2 Å². The summed E-state index contributed by atoms with van der Waals surface area (Å²) in [6, 6.07) is 17.0. The van der Waals surface area contributed by atoms with E-state index in [1.165, 1.54) is 32.4 Å². The SMILES string of the molecule is CCOc1ccc(S(=O)(=O)N[C@H](Cc2ccccc2)C(=O)Nc2ccc(OC)cc2OC)cc1Cl. The van der Waals surface area contributed by atoms with Gasteiger partial charge in [0.25, 0.3) is 0 Å². The average Bonchev–Trinajstić information content (AvgIpc) is 2.85. The van der Waals surface area contributed by atoms with Gasteiger partial charge in [-0.15, -0.1) is 0 Å². The van der Waals surface area contributed by atoms with E-state index in [0.717, 1.165) is 5.56 Å². The van der Waals surface area contributed by atoms with Gasteiger partial charge in [-0.1, -0.05) is 41.9 Å². The van der Waals surface area contributed by atoms with Gasteiger partial charge in [-0.25, -0.2) is 8.42 Å². The Kier molecular flexibility index (Phi) is 8.97. The largest absolute Gasteiger partial charge is 0.497 e. The quantitative estimate of drug-likeness (QED) is 0.392. The molecule has 0 saturated carbocycles. The second-order valence-corrected chi connectivity index (χ2v) is 9.57. The molecule has 186 valence electrons. The average molecular weight is 519 g/mol. The van der Waals surface area contributed by atoms with E-state index in [9.17, 15) is 13.2 Å². The fourth-order valence-electron chi connectivity index (χ4n) is 3.34. The maximum Gasteiger partial charge on any atom is 0.243 e. The molecule has 1 atom stereocenters. The highest BCUT2D eigenvalue weighted by Crippen LogP contribution is 2.30. The highest BCUT2D eigenvalue weighted by Gasteiger charge is 2.27. The van der Waals surface area contributed by atoms with Crippen LogP contribution in [0.5, 0.6) is 17.2 Å². The Balaban J connectivity index is 1.90. The summed E-state index contributed by atoms with van der Waals surface area (Å²) in [5.74, 6) is 0.738. The molecule has 0 saturated heterocycles. The fraction of sp³-hybridized carbons (Fsp3) is 0.240. The summed E-state index contributed by atoms with van der Waals surface area (Å²) in [6.07, 6.45) is 0.120. The lowest BCUT2D eigenvalue weighted by Crippen LogP contribution is -2.45. The number of methoxy groups -OCH3 is 2. The van der Waals surface area contributed by atoms with E-state index in [-0.39, 0.29) is 16.3 Å². The number of sulfonamides is 1. The van der Waals surface area contributed by atoms with Gasteiger partial charge in [0.15, 0.2) is 0 Å². The van der Waals surface area contributed by atoms with E-state index >= 15 is 0 Å². The third-order valence-corrected chi connectivity index (χ3v) is 6.84. The van der Waals surface area contributed by atoms with Crippen LogP contribution < -0.4 is 24.2 Å². The summed E-state index contributed by atoms with van der Waals surface area (Å²) in [5, 5.41) is 2.91. The van der Waals surface area contributed by atoms with Crippen LogP contribution in [0.1, 0.15) is 12.5 Å². The second kappa shape index (κ2) is 11.9. The number of rotatable bonds is 11. The first-order valence-corrected chi connectivity index (χ1v) is 12.6. The number of hydrogen-bond donors (Lipinski definition) is 2. The summed E-state index contributed by atoms with van der Waals surface area (Å²) >= 11 is 6.19. The number of carbonyl (C=O) groups is 1. The first kappa shape index (κ1) is 26.3. The van der Waals surface area contributed by atoms with E-state index in [1.54, 1.807) is 25.1 Å². The Morgan fingerprint density at radius 3 is 2.34 bits per heavy atom. The van der Waals surface area contributed by atoms with Crippen LogP contribution in [0.3, 0.4) is 0 Å². The van der Waals surface area contributed by atoms with E-state index in [1.807, 2.05) is 30.3 Å². The van der Waals surface area contributed by atoms with Crippen molar-refractivity contribution in [3.63, 3.8) is 0 Å². The van der Waals surface area contributed by atoms with Crippen LogP contribution in [0.15, 0.2) is 71.6 Å². The van der Waals surface area contributed by atoms with Gasteiger partial charge < -0.3 is 19.5 Å². The molecule has 0 spiro atoms. The zero-order chi connectivity index (χ0) is 25.4. The van der Waals surface area contributed by atoms with Crippen molar-refractivity contribution in [2.24, 2.45) is 0 Å². The van der Waals surface area contributed by atoms with Crippen molar-refractivity contribution in [2.45, 2.75) is 24.3 Å². The molecule has 3 rings (SSSR count). The molecule has 0 fully saturated rings. The van der Waals surface area contributed by atoms with Crippen LogP contribution in [0.25, 0.3) is 0 Å². The van der Waals surface area contributed by atoms with Gasteiger partial charge in [-0.3, -0.25) is 4.79 Å². The maximum absolute atomic E-state index is 13.3. The predicted octanol–water partition coefficient (Wildman–Crippen LogP) is 4.28. The standard InChI is InChI=1S/C25H27ClN2O6S/c1-4-34-23-13-11-19(16-20(23)26)35(30,31)28-22(14-17-8-6-5-7-9-17)25(29)27-21-12-10-18(32-2)15-24(21)33-3/h5-13,15-16,22,28H,4,14H2,1-3H3,(H,27,29)/t22-/m1/s1. The summed E-state index contributed by atoms with van der Waals surface area (Å²) in [6.45, 7) is 2.19. The summed E-state index contributed by atoms with van der Waals surface area (Å²) in [7, 11) is -1.12. The molecule has 10 heteroatoms. The molecule has 2 N–H and O–H groups in total. The van der Waals surface area contributed by atoms with Crippen LogP contribution >= 0.6 is 11.6 Å². The minimum atomic E-state index is -4.10. The van der Waals surface area contributed by atoms with Crippen LogP contribution in [0.2, 0.25) is 5.02 Å². The van der Waals surface area contributed by atoms with Gasteiger partial charge in [-0.2, -0.15) is 4.72 Å². The molecular formula is C25H27ClN2O6S. The van der Waals surface area contributed by atoms with E-state index < -0.39 is 22.0 Å². The smallest absolute Gasteiger partial charge is 0.243 e. The molecule has 0 unspecified atom stereocenters. The highest BCUT2D eigenvalue weighted by molar-refractivity contribution is 7.89. The van der Waals surface area contributed by atoms with E-state index in [0.29, 0.717) is 29.5 Å². The Morgan fingerprint density at radius 1 is 0.971 bits per heavy atom. The molecule has 8 nitrogen and oxygen atoms in total. The van der Waals surface area contributed by atoms with Crippen LogP contribution in [-0.2, 0) is 21.2 Å². The van der Waals surface area contributed by atoms with Crippen molar-refractivity contribution in [2.75, 3.05) is 26.1 Å². The van der Waals surface area contributed by atoms with Crippen molar-refractivity contribution in [3.8, 4) is 17.2 Å². The first-order chi connectivity index (χ1) is 16.8. The third-order valence-electron chi connectivity index (χ3n) is 5.08. The zero-order valence-corrected chi connectivity index (χ0v) is 21.2. The van der Waals surface area contributed by atoms with Crippen LogP contribution in [0, 0.1) is 0 Å². The van der Waals surface area contributed by atoms with Gasteiger partial charge in [0, 0.05) is 6.07 Å². The van der Waals surface area contributed by atoms with Crippen molar-refractivity contribution in [1.29, 1.82) is 0 Å². The molecule has 0 aromatic heterocycles. The lowest BCUT2D eigenvalue weighted by atomic mass is 10.1.